The van der Waals surface area contributed by atoms with Gasteiger partial charge in [-0.05, 0) is 0 Å². The average Bonchev–Trinajstić information content (AvgIpc) is 2.56. The molecule has 2 aromatic rings. The molecule has 0 unspecified atom stereocenters. The third-order valence-corrected chi connectivity index (χ3v) is 4.25. The van der Waals surface area contributed by atoms with E-state index in [4.69, 9.17) is 0 Å². The molecule has 0 fully saturated rings. The SMILES string of the molecule is CCCCCCCCB(c1ccccc1)c1ccccc1.[Na+].[OH-]. The van der Waals surface area contributed by atoms with Gasteiger partial charge >= 0.3 is 29.6 Å². The predicted molar refractivity (Wildman–Crippen MR) is 98.0 cm³/mol. The van der Waals surface area contributed by atoms with E-state index in [-0.39, 0.29) is 35.0 Å². The molecule has 3 heteroatoms. The fourth-order valence-corrected chi connectivity index (χ4v) is 3.03. The van der Waals surface area contributed by atoms with Crippen LogP contribution in [-0.4, -0.2) is 12.2 Å². The Labute approximate surface area is 164 Å². The van der Waals surface area contributed by atoms with E-state index in [1.807, 2.05) is 0 Å². The molecule has 2 aromatic carbocycles. The van der Waals surface area contributed by atoms with E-state index in [0.29, 0.717) is 6.71 Å². The van der Waals surface area contributed by atoms with E-state index in [2.05, 4.69) is 67.6 Å². The van der Waals surface area contributed by atoms with Crippen molar-refractivity contribution < 1.29 is 35.0 Å². The van der Waals surface area contributed by atoms with Gasteiger partial charge in [-0.25, -0.2) is 0 Å². The smallest absolute Gasteiger partial charge is 0.870 e. The minimum atomic E-state index is 0. The summed E-state index contributed by atoms with van der Waals surface area (Å²) in [4.78, 5) is 0. The number of hydrogen-bond acceptors (Lipinski definition) is 1. The Morgan fingerprint density at radius 2 is 1.09 bits per heavy atom. The largest absolute Gasteiger partial charge is 1.00 e. The second-order valence-corrected chi connectivity index (χ2v) is 5.93. The van der Waals surface area contributed by atoms with Gasteiger partial charge in [0.15, 0.2) is 0 Å². The van der Waals surface area contributed by atoms with Crippen LogP contribution in [0.25, 0.3) is 0 Å². The van der Waals surface area contributed by atoms with Crippen molar-refractivity contribution in [3.8, 4) is 0 Å². The number of benzene rings is 2. The normalized spacial score (nSPS) is 9.61. The zero-order chi connectivity index (χ0) is 14.8. The topological polar surface area (TPSA) is 30.0 Å². The van der Waals surface area contributed by atoms with Gasteiger partial charge in [0.25, 0.3) is 0 Å². The summed E-state index contributed by atoms with van der Waals surface area (Å²) in [6, 6.07) is 21.9. The standard InChI is InChI=1S/C20H27B.Na.H2O/c1-2-3-4-5-6-13-18-21(19-14-9-7-10-15-19)20-16-11-8-12-17-20;;/h7-12,14-17H,2-6,13,18H2,1H3;;1H2/q;+1;/p-1. The van der Waals surface area contributed by atoms with Crippen LogP contribution >= 0.6 is 0 Å². The molecular formula is C20H28BNaO. The molecule has 2 rings (SSSR count). The molecular weight excluding hydrogens is 290 g/mol. The molecule has 0 radical (unpaired) electrons. The van der Waals surface area contributed by atoms with Gasteiger partial charge in [0, 0.05) is 0 Å². The molecule has 1 N–H and O–H groups in total. The van der Waals surface area contributed by atoms with Crippen LogP contribution in [-0.2, 0) is 0 Å². The van der Waals surface area contributed by atoms with Gasteiger partial charge < -0.3 is 5.48 Å². The first-order valence-electron chi connectivity index (χ1n) is 8.51. The Bertz CT molecular complexity index is 450. The fourth-order valence-electron chi connectivity index (χ4n) is 3.03. The fraction of sp³-hybridized carbons (Fsp3) is 0.400. The summed E-state index contributed by atoms with van der Waals surface area (Å²) in [6.07, 6.45) is 9.48. The Morgan fingerprint density at radius 3 is 1.57 bits per heavy atom. The van der Waals surface area contributed by atoms with Gasteiger partial charge in [-0.2, -0.15) is 0 Å². The predicted octanol–water partition coefficient (Wildman–Crippen LogP) is 1.48. The van der Waals surface area contributed by atoms with E-state index >= 15 is 0 Å². The van der Waals surface area contributed by atoms with E-state index in [0.717, 1.165) is 0 Å². The van der Waals surface area contributed by atoms with E-state index in [9.17, 15) is 0 Å². The van der Waals surface area contributed by atoms with Gasteiger partial charge in [0.1, 0.15) is 0 Å². The maximum atomic E-state index is 2.28. The van der Waals surface area contributed by atoms with Crippen LogP contribution in [0.15, 0.2) is 60.7 Å². The first-order valence-corrected chi connectivity index (χ1v) is 8.51. The van der Waals surface area contributed by atoms with Crippen LogP contribution in [0.3, 0.4) is 0 Å². The first-order chi connectivity index (χ1) is 10.4. The molecule has 118 valence electrons. The average molecular weight is 318 g/mol. The first kappa shape index (κ1) is 22.5. The van der Waals surface area contributed by atoms with Gasteiger partial charge in [-0.3, -0.25) is 0 Å². The molecule has 1 nitrogen and oxygen atoms in total. The van der Waals surface area contributed by atoms with Crippen LogP contribution in [0.5, 0.6) is 0 Å². The van der Waals surface area contributed by atoms with Gasteiger partial charge in [-0.1, -0.05) is 123 Å². The van der Waals surface area contributed by atoms with E-state index < -0.39 is 0 Å². The Hall–Kier alpha value is -0.535. The molecule has 0 aliphatic heterocycles. The molecule has 0 heterocycles. The molecule has 23 heavy (non-hydrogen) atoms. The molecule has 0 aliphatic rings. The maximum absolute atomic E-state index is 2.28. The van der Waals surface area contributed by atoms with Crippen LogP contribution in [0.2, 0.25) is 6.32 Å². The van der Waals surface area contributed by atoms with E-state index in [1.54, 1.807) is 0 Å². The van der Waals surface area contributed by atoms with Gasteiger partial charge in [-0.15, -0.1) is 0 Å². The van der Waals surface area contributed by atoms with Crippen molar-refractivity contribution in [1.29, 1.82) is 0 Å². The summed E-state index contributed by atoms with van der Waals surface area (Å²) in [5.74, 6) is 0. The van der Waals surface area contributed by atoms with Crippen molar-refractivity contribution in [2.45, 2.75) is 51.8 Å². The van der Waals surface area contributed by atoms with Crippen molar-refractivity contribution >= 4 is 17.6 Å². The third-order valence-electron chi connectivity index (χ3n) is 4.25. The summed E-state index contributed by atoms with van der Waals surface area (Å²) >= 11 is 0. The zero-order valence-electron chi connectivity index (χ0n) is 14.7. The number of hydrogen-bond donors (Lipinski definition) is 0. The van der Waals surface area contributed by atoms with Crippen molar-refractivity contribution in [3.63, 3.8) is 0 Å². The molecule has 0 spiro atoms. The summed E-state index contributed by atoms with van der Waals surface area (Å²) < 4.78 is 0. The number of rotatable bonds is 9. The van der Waals surface area contributed by atoms with Crippen LogP contribution in [0, 0.1) is 0 Å². The molecule has 0 aliphatic carbocycles. The maximum Gasteiger partial charge on any atom is 1.00 e. The minimum absolute atomic E-state index is 0. The monoisotopic (exact) mass is 318 g/mol. The Balaban J connectivity index is 0.00000242. The van der Waals surface area contributed by atoms with Gasteiger partial charge in [0.2, 0.25) is 6.71 Å². The second kappa shape index (κ2) is 13.9. The molecule has 0 atom stereocenters. The molecule has 0 saturated heterocycles. The summed E-state index contributed by atoms with van der Waals surface area (Å²) in [5.41, 5.74) is 2.91. The van der Waals surface area contributed by atoms with Crippen molar-refractivity contribution in [3.05, 3.63) is 60.7 Å². The molecule has 0 aromatic heterocycles. The zero-order valence-corrected chi connectivity index (χ0v) is 16.7. The quantitative estimate of drug-likeness (QED) is 0.509. The van der Waals surface area contributed by atoms with Crippen molar-refractivity contribution in [1.82, 2.24) is 0 Å². The molecule has 0 saturated carbocycles. The van der Waals surface area contributed by atoms with Crippen molar-refractivity contribution in [2.24, 2.45) is 0 Å². The summed E-state index contributed by atoms with van der Waals surface area (Å²) in [5, 5.41) is 0. The number of unbranched alkanes of at least 4 members (excludes halogenated alkanes) is 5. The minimum Gasteiger partial charge on any atom is -0.870 e. The van der Waals surface area contributed by atoms with E-state index in [1.165, 1.54) is 55.8 Å². The van der Waals surface area contributed by atoms with Crippen molar-refractivity contribution in [2.75, 3.05) is 0 Å². The third kappa shape index (κ3) is 8.21. The molecule has 0 bridgehead atoms. The Kier molecular flexibility index (Phi) is 13.5. The van der Waals surface area contributed by atoms with Crippen LogP contribution in [0.4, 0.5) is 0 Å². The van der Waals surface area contributed by atoms with Crippen LogP contribution < -0.4 is 40.5 Å². The van der Waals surface area contributed by atoms with Gasteiger partial charge in [0.05, 0.1) is 0 Å². The summed E-state index contributed by atoms with van der Waals surface area (Å²) in [7, 11) is 0. The van der Waals surface area contributed by atoms with Crippen LogP contribution in [0.1, 0.15) is 45.4 Å². The summed E-state index contributed by atoms with van der Waals surface area (Å²) in [6.45, 7) is 2.83. The molecule has 0 amide bonds. The Morgan fingerprint density at radius 1 is 0.652 bits per heavy atom. The second-order valence-electron chi connectivity index (χ2n) is 5.93.